The van der Waals surface area contributed by atoms with Gasteiger partial charge in [-0.25, -0.2) is 0 Å². The molecule has 1 saturated heterocycles. The van der Waals surface area contributed by atoms with E-state index in [0.29, 0.717) is 17.0 Å². The molecular weight excluding hydrogens is 278 g/mol. The number of piperidine rings is 1. The molecule has 5 nitrogen and oxygen atoms in total. The van der Waals surface area contributed by atoms with Gasteiger partial charge in [-0.2, -0.15) is 0 Å². The third kappa shape index (κ3) is 3.16. The van der Waals surface area contributed by atoms with Crippen LogP contribution in [0.3, 0.4) is 0 Å². The molecule has 0 bridgehead atoms. The molecule has 1 heterocycles. The fraction of sp³-hybridized carbons (Fsp3) is 0.500. The fourth-order valence-corrected chi connectivity index (χ4v) is 2.95. The minimum absolute atomic E-state index is 0.0741. The topological polar surface area (TPSA) is 82.1 Å². The molecule has 1 fully saturated rings. The Bertz CT molecular complexity index is 491. The van der Waals surface area contributed by atoms with Crippen LogP contribution in [0.4, 0.5) is 5.69 Å². The first-order chi connectivity index (χ1) is 9.67. The second-order valence-corrected chi connectivity index (χ2v) is 5.44. The molecule has 20 heavy (non-hydrogen) atoms. The number of aliphatic hydroxyl groups excluding tert-OH is 1. The van der Waals surface area contributed by atoms with Crippen LogP contribution in [0, 0.1) is 0 Å². The zero-order chi connectivity index (χ0) is 14.5. The number of aliphatic hydroxyl groups is 1. The van der Waals surface area contributed by atoms with E-state index in [0.717, 1.165) is 31.5 Å². The van der Waals surface area contributed by atoms with Crippen molar-refractivity contribution in [3.63, 3.8) is 0 Å². The van der Waals surface area contributed by atoms with Crippen LogP contribution < -0.4 is 10.6 Å². The van der Waals surface area contributed by atoms with Crippen LogP contribution >= 0.6 is 11.6 Å². The third-order valence-electron chi connectivity index (χ3n) is 3.74. The molecule has 2 rings (SSSR count). The minimum atomic E-state index is 0.0741. The first-order valence-electron chi connectivity index (χ1n) is 6.82. The van der Waals surface area contributed by atoms with Gasteiger partial charge in [0.2, 0.25) is 0 Å². The summed E-state index contributed by atoms with van der Waals surface area (Å²) in [4.78, 5) is 2.21. The molecule has 1 aromatic rings. The van der Waals surface area contributed by atoms with E-state index in [2.05, 4.69) is 10.1 Å². The summed E-state index contributed by atoms with van der Waals surface area (Å²) in [6.07, 6.45) is 3.98. The molecule has 0 aliphatic carbocycles. The number of hydrogen-bond acceptors (Lipinski definition) is 4. The van der Waals surface area contributed by atoms with Gasteiger partial charge >= 0.3 is 0 Å². The Kier molecular flexibility index (Phi) is 5.09. The first kappa shape index (κ1) is 14.9. The highest BCUT2D eigenvalue weighted by Gasteiger charge is 2.25. The Morgan fingerprint density at radius 2 is 2.25 bits per heavy atom. The van der Waals surface area contributed by atoms with Crippen molar-refractivity contribution in [1.82, 2.24) is 0 Å². The number of benzene rings is 1. The largest absolute Gasteiger partial charge is 0.409 e. The summed E-state index contributed by atoms with van der Waals surface area (Å²) in [5, 5.41) is 21.8. The number of nitrogens with two attached hydrogens (primary N) is 1. The van der Waals surface area contributed by atoms with Gasteiger partial charge in [0.1, 0.15) is 0 Å². The highest BCUT2D eigenvalue weighted by Crippen LogP contribution is 2.31. The number of hydrogen-bond donors (Lipinski definition) is 3. The lowest BCUT2D eigenvalue weighted by molar-refractivity contribution is 0.262. The van der Waals surface area contributed by atoms with Crippen molar-refractivity contribution in [3.05, 3.63) is 28.8 Å². The van der Waals surface area contributed by atoms with Crippen molar-refractivity contribution in [2.24, 2.45) is 10.9 Å². The van der Waals surface area contributed by atoms with Crippen LogP contribution in [-0.2, 0) is 0 Å². The maximum absolute atomic E-state index is 9.22. The molecule has 110 valence electrons. The Morgan fingerprint density at radius 1 is 1.45 bits per heavy atom. The Balaban J connectivity index is 2.40. The fourth-order valence-electron chi connectivity index (χ4n) is 2.78. The van der Waals surface area contributed by atoms with E-state index in [1.54, 1.807) is 12.1 Å². The molecule has 0 saturated carbocycles. The van der Waals surface area contributed by atoms with Crippen molar-refractivity contribution in [3.8, 4) is 0 Å². The predicted molar refractivity (Wildman–Crippen MR) is 80.7 cm³/mol. The van der Waals surface area contributed by atoms with Crippen LogP contribution in [0.15, 0.2) is 23.4 Å². The second-order valence-electron chi connectivity index (χ2n) is 5.00. The van der Waals surface area contributed by atoms with Crippen molar-refractivity contribution >= 4 is 23.1 Å². The number of nitrogens with zero attached hydrogens (tertiary/aromatic N) is 2. The SMILES string of the molecule is NC(=NO)c1ccc(Cl)cc1N1CCCCC1CCO. The van der Waals surface area contributed by atoms with Crippen LogP contribution in [-0.4, -0.2) is 35.3 Å². The lowest BCUT2D eigenvalue weighted by Crippen LogP contribution is -2.41. The molecule has 0 spiro atoms. The van der Waals surface area contributed by atoms with Gasteiger partial charge in [-0.15, -0.1) is 0 Å². The van der Waals surface area contributed by atoms with Gasteiger partial charge in [0.15, 0.2) is 5.84 Å². The molecule has 6 heteroatoms. The maximum Gasteiger partial charge on any atom is 0.172 e. The van der Waals surface area contributed by atoms with Gasteiger partial charge < -0.3 is 20.9 Å². The van der Waals surface area contributed by atoms with E-state index in [9.17, 15) is 5.11 Å². The van der Waals surface area contributed by atoms with Crippen molar-refractivity contribution in [2.45, 2.75) is 31.7 Å². The number of oxime groups is 1. The Labute approximate surface area is 123 Å². The molecule has 1 aliphatic heterocycles. The van der Waals surface area contributed by atoms with Crippen LogP contribution in [0.25, 0.3) is 0 Å². The van der Waals surface area contributed by atoms with Crippen LogP contribution in [0.5, 0.6) is 0 Å². The van der Waals surface area contributed by atoms with Gasteiger partial charge in [-0.1, -0.05) is 16.8 Å². The van der Waals surface area contributed by atoms with E-state index in [-0.39, 0.29) is 18.5 Å². The summed E-state index contributed by atoms with van der Waals surface area (Å²) in [5.74, 6) is 0.0741. The van der Waals surface area contributed by atoms with Crippen molar-refractivity contribution in [2.75, 3.05) is 18.1 Å². The molecule has 0 aromatic heterocycles. The van der Waals surface area contributed by atoms with Gasteiger partial charge in [0.25, 0.3) is 0 Å². The monoisotopic (exact) mass is 297 g/mol. The van der Waals surface area contributed by atoms with Crippen LogP contribution in [0.2, 0.25) is 5.02 Å². The zero-order valence-corrected chi connectivity index (χ0v) is 12.1. The summed E-state index contributed by atoms with van der Waals surface area (Å²) in [6, 6.07) is 5.59. The molecule has 1 aromatic carbocycles. The number of amidine groups is 1. The summed E-state index contributed by atoms with van der Waals surface area (Å²) < 4.78 is 0. The normalized spacial score (nSPS) is 20.2. The van der Waals surface area contributed by atoms with E-state index in [1.165, 1.54) is 0 Å². The second kappa shape index (κ2) is 6.81. The van der Waals surface area contributed by atoms with Gasteiger partial charge in [0.05, 0.1) is 0 Å². The molecule has 1 unspecified atom stereocenters. The molecule has 0 radical (unpaired) electrons. The smallest absolute Gasteiger partial charge is 0.172 e. The average Bonchev–Trinajstić information content (AvgIpc) is 2.47. The summed E-state index contributed by atoms with van der Waals surface area (Å²) >= 11 is 6.09. The lowest BCUT2D eigenvalue weighted by Gasteiger charge is -2.38. The Morgan fingerprint density at radius 3 is 2.95 bits per heavy atom. The van der Waals surface area contributed by atoms with Crippen molar-refractivity contribution in [1.29, 1.82) is 0 Å². The maximum atomic E-state index is 9.22. The molecular formula is C14H20ClN3O2. The molecule has 4 N–H and O–H groups in total. The highest BCUT2D eigenvalue weighted by molar-refractivity contribution is 6.31. The number of halogens is 1. The number of anilines is 1. The lowest BCUT2D eigenvalue weighted by atomic mass is 9.97. The van der Waals surface area contributed by atoms with Gasteiger partial charge in [-0.05, 0) is 43.9 Å². The van der Waals surface area contributed by atoms with Gasteiger partial charge in [-0.3, -0.25) is 0 Å². The molecule has 1 atom stereocenters. The zero-order valence-electron chi connectivity index (χ0n) is 11.3. The first-order valence-corrected chi connectivity index (χ1v) is 7.20. The Hall–Kier alpha value is -1.46. The summed E-state index contributed by atoms with van der Waals surface area (Å²) in [5.41, 5.74) is 7.29. The quantitative estimate of drug-likeness (QED) is 0.344. The molecule has 0 amide bonds. The standard InChI is InChI=1S/C14H20ClN3O2/c15-10-4-5-12(14(16)17-20)13(9-10)18-7-2-1-3-11(18)6-8-19/h4-5,9,11,19-20H,1-3,6-8H2,(H2,16,17). The van der Waals surface area contributed by atoms with E-state index >= 15 is 0 Å². The van der Waals surface area contributed by atoms with E-state index < -0.39 is 0 Å². The third-order valence-corrected chi connectivity index (χ3v) is 3.98. The minimum Gasteiger partial charge on any atom is -0.409 e. The molecule has 1 aliphatic rings. The van der Waals surface area contributed by atoms with Gasteiger partial charge in [0, 0.05) is 35.5 Å². The number of rotatable bonds is 4. The highest BCUT2D eigenvalue weighted by atomic mass is 35.5. The van der Waals surface area contributed by atoms with E-state index in [4.69, 9.17) is 22.5 Å². The van der Waals surface area contributed by atoms with E-state index in [1.807, 2.05) is 6.07 Å². The summed E-state index contributed by atoms with van der Waals surface area (Å²) in [7, 11) is 0. The summed E-state index contributed by atoms with van der Waals surface area (Å²) in [6.45, 7) is 1.04. The van der Waals surface area contributed by atoms with Crippen LogP contribution in [0.1, 0.15) is 31.2 Å². The van der Waals surface area contributed by atoms with Crippen molar-refractivity contribution < 1.29 is 10.3 Å². The predicted octanol–water partition coefficient (Wildman–Crippen LogP) is 2.18. The average molecular weight is 298 g/mol.